The van der Waals surface area contributed by atoms with Crippen molar-refractivity contribution in [2.75, 3.05) is 7.11 Å². The van der Waals surface area contributed by atoms with Crippen molar-refractivity contribution in [2.24, 2.45) is 34.3 Å². The molecule has 2 aliphatic carbocycles. The van der Waals surface area contributed by atoms with E-state index < -0.39 is 52.9 Å². The Kier molecular flexibility index (Phi) is 5.10. The van der Waals surface area contributed by atoms with E-state index in [-0.39, 0.29) is 18.2 Å². The maximum absolute atomic E-state index is 13.7. The van der Waals surface area contributed by atoms with Crippen molar-refractivity contribution >= 4 is 23.8 Å². The number of hydrogen-bond donors (Lipinski definition) is 1. The van der Waals surface area contributed by atoms with Crippen molar-refractivity contribution in [2.45, 2.75) is 51.7 Å². The number of cyclic esters (lactones) is 1. The van der Waals surface area contributed by atoms with Gasteiger partial charge in [0, 0.05) is 17.9 Å². The number of amides is 1. The van der Waals surface area contributed by atoms with Crippen LogP contribution in [0.3, 0.4) is 0 Å². The molecule has 31 heavy (non-hydrogen) atoms. The molecule has 2 heterocycles. The SMILES string of the molecule is COC(=O)[C@@H]1C[C@H](OC(N)=O)C(=O)C2[C@@]3(C)C[C@@H](c4ccoc4)OC(=O)C3CC[C@]21C. The normalized spacial score (nSPS) is 39.6. The number of ether oxygens (including phenoxy) is 3. The van der Waals surface area contributed by atoms with Crippen LogP contribution in [0.1, 0.15) is 51.2 Å². The molecule has 2 N–H and O–H groups in total. The van der Waals surface area contributed by atoms with Crippen molar-refractivity contribution < 1.29 is 37.8 Å². The summed E-state index contributed by atoms with van der Waals surface area (Å²) in [5, 5.41) is 0. The van der Waals surface area contributed by atoms with Gasteiger partial charge in [-0.3, -0.25) is 14.4 Å². The summed E-state index contributed by atoms with van der Waals surface area (Å²) in [4.78, 5) is 50.9. The molecule has 1 saturated heterocycles. The fourth-order valence-corrected chi connectivity index (χ4v) is 6.40. The van der Waals surface area contributed by atoms with Crippen LogP contribution in [-0.2, 0) is 28.6 Å². The number of Topliss-reactive ketones (excluding diaryl/α,β-unsaturated/α-hetero) is 1. The number of carbonyl (C=O) groups is 4. The fourth-order valence-electron chi connectivity index (χ4n) is 6.40. The minimum Gasteiger partial charge on any atom is -0.472 e. The summed E-state index contributed by atoms with van der Waals surface area (Å²) in [5.41, 5.74) is 4.34. The van der Waals surface area contributed by atoms with Gasteiger partial charge in [0.2, 0.25) is 0 Å². The number of hydrogen-bond acceptors (Lipinski definition) is 8. The number of nitrogens with two attached hydrogens (primary N) is 1. The fraction of sp³-hybridized carbons (Fsp3) is 0.636. The first-order valence-electron chi connectivity index (χ1n) is 10.4. The Morgan fingerprint density at radius 3 is 2.58 bits per heavy atom. The number of furan rings is 1. The Bertz CT molecular complexity index is 911. The lowest BCUT2D eigenvalue weighted by Crippen LogP contribution is -2.65. The topological polar surface area (TPSA) is 135 Å². The van der Waals surface area contributed by atoms with Crippen molar-refractivity contribution in [1.82, 2.24) is 0 Å². The van der Waals surface area contributed by atoms with Crippen LogP contribution >= 0.6 is 0 Å². The van der Waals surface area contributed by atoms with E-state index in [0.29, 0.717) is 24.8 Å². The monoisotopic (exact) mass is 433 g/mol. The summed E-state index contributed by atoms with van der Waals surface area (Å²) in [5.74, 6) is -3.05. The van der Waals surface area contributed by atoms with Crippen molar-refractivity contribution in [3.8, 4) is 0 Å². The Morgan fingerprint density at radius 2 is 1.97 bits per heavy atom. The first-order chi connectivity index (χ1) is 14.6. The molecule has 1 aromatic rings. The van der Waals surface area contributed by atoms with Crippen LogP contribution in [0.4, 0.5) is 4.79 Å². The lowest BCUT2D eigenvalue weighted by molar-refractivity contribution is -0.207. The smallest absolute Gasteiger partial charge is 0.405 e. The maximum Gasteiger partial charge on any atom is 0.405 e. The number of ketones is 1. The largest absolute Gasteiger partial charge is 0.472 e. The standard InChI is InChI=1S/C22H27NO8/c1-21-6-4-12-19(26)30-15(11-5-7-29-10-11)9-22(12,2)17(21)16(24)14(31-20(23)27)8-13(21)18(25)28-3/h5,7,10,12-15,17H,4,6,8-9H2,1-3H3,(H2,23,27)/t12?,13-,14-,15-,17?,21-,22-/m0/s1. The molecule has 9 heteroatoms. The van der Waals surface area contributed by atoms with Crippen LogP contribution in [-0.4, -0.2) is 37.0 Å². The highest BCUT2D eigenvalue weighted by Gasteiger charge is 2.67. The van der Waals surface area contributed by atoms with Gasteiger partial charge in [0.15, 0.2) is 11.9 Å². The van der Waals surface area contributed by atoms with Crippen molar-refractivity contribution in [3.05, 3.63) is 24.2 Å². The van der Waals surface area contributed by atoms with Gasteiger partial charge < -0.3 is 24.4 Å². The molecule has 7 atom stereocenters. The summed E-state index contributed by atoms with van der Waals surface area (Å²) in [6.45, 7) is 3.79. The first kappa shape index (κ1) is 21.4. The predicted octanol–water partition coefficient (Wildman–Crippen LogP) is 2.53. The summed E-state index contributed by atoms with van der Waals surface area (Å²) < 4.78 is 21.0. The molecule has 0 spiro atoms. The summed E-state index contributed by atoms with van der Waals surface area (Å²) in [6, 6.07) is 1.72. The van der Waals surface area contributed by atoms with E-state index in [1.807, 2.05) is 13.8 Å². The minimum absolute atomic E-state index is 0.0117. The Labute approximate surface area is 179 Å². The highest BCUT2D eigenvalue weighted by atomic mass is 16.6. The van der Waals surface area contributed by atoms with Gasteiger partial charge in [0.1, 0.15) is 6.10 Å². The number of primary amides is 1. The molecule has 0 aromatic carbocycles. The zero-order valence-corrected chi connectivity index (χ0v) is 17.8. The molecule has 2 saturated carbocycles. The third kappa shape index (κ3) is 3.21. The predicted molar refractivity (Wildman–Crippen MR) is 104 cm³/mol. The molecule has 0 bridgehead atoms. The zero-order chi connectivity index (χ0) is 22.6. The first-order valence-corrected chi connectivity index (χ1v) is 10.4. The third-order valence-corrected chi connectivity index (χ3v) is 7.76. The molecule has 0 radical (unpaired) electrons. The molecule has 3 aliphatic rings. The van der Waals surface area contributed by atoms with Crippen molar-refractivity contribution in [1.29, 1.82) is 0 Å². The van der Waals surface area contributed by atoms with Crippen LogP contribution < -0.4 is 5.73 Å². The van der Waals surface area contributed by atoms with E-state index in [0.717, 1.165) is 0 Å². The molecule has 2 unspecified atom stereocenters. The Morgan fingerprint density at radius 1 is 1.23 bits per heavy atom. The van der Waals surface area contributed by atoms with Gasteiger partial charge in [-0.1, -0.05) is 13.8 Å². The van der Waals surface area contributed by atoms with Crippen molar-refractivity contribution in [3.63, 3.8) is 0 Å². The van der Waals surface area contributed by atoms with Gasteiger partial charge in [-0.25, -0.2) is 4.79 Å². The number of esters is 2. The average Bonchev–Trinajstić information content (AvgIpc) is 3.23. The second kappa shape index (κ2) is 7.39. The lowest BCUT2D eigenvalue weighted by Gasteiger charge is -2.60. The second-order valence-electron chi connectivity index (χ2n) is 9.36. The molecule has 4 rings (SSSR count). The average molecular weight is 433 g/mol. The molecular formula is C22H27NO8. The highest BCUT2D eigenvalue weighted by molar-refractivity contribution is 5.93. The lowest BCUT2D eigenvalue weighted by atomic mass is 9.43. The Balaban J connectivity index is 1.80. The van der Waals surface area contributed by atoms with Gasteiger partial charge in [0.25, 0.3) is 0 Å². The van der Waals surface area contributed by atoms with Gasteiger partial charge in [-0.15, -0.1) is 0 Å². The number of rotatable bonds is 3. The summed E-state index contributed by atoms with van der Waals surface area (Å²) in [7, 11) is 1.29. The molecule has 168 valence electrons. The Hall–Kier alpha value is -2.84. The van der Waals surface area contributed by atoms with Crippen LogP contribution in [0.2, 0.25) is 0 Å². The maximum atomic E-state index is 13.7. The minimum atomic E-state index is -1.17. The molecule has 3 fully saturated rings. The van der Waals surface area contributed by atoms with E-state index in [1.165, 1.54) is 19.6 Å². The molecule has 1 aliphatic heterocycles. The molecule has 9 nitrogen and oxygen atoms in total. The highest BCUT2D eigenvalue weighted by Crippen LogP contribution is 2.65. The van der Waals surface area contributed by atoms with Gasteiger partial charge >= 0.3 is 18.0 Å². The summed E-state index contributed by atoms with van der Waals surface area (Å²) >= 11 is 0. The van der Waals surface area contributed by atoms with E-state index in [2.05, 4.69) is 0 Å². The van der Waals surface area contributed by atoms with Crippen LogP contribution in [0.25, 0.3) is 0 Å². The number of fused-ring (bicyclic) bond motifs is 3. The quantitative estimate of drug-likeness (QED) is 0.567. The van der Waals surface area contributed by atoms with E-state index in [4.69, 9.17) is 24.4 Å². The van der Waals surface area contributed by atoms with E-state index in [9.17, 15) is 19.2 Å². The summed E-state index contributed by atoms with van der Waals surface area (Å²) in [6.07, 6.45) is 1.55. The third-order valence-electron chi connectivity index (χ3n) is 7.76. The number of carbonyl (C=O) groups excluding carboxylic acids is 4. The van der Waals surface area contributed by atoms with Crippen LogP contribution in [0, 0.1) is 28.6 Å². The molecular weight excluding hydrogens is 406 g/mol. The second-order valence-corrected chi connectivity index (χ2v) is 9.36. The van der Waals surface area contributed by atoms with Gasteiger partial charge in [-0.05, 0) is 36.2 Å². The van der Waals surface area contributed by atoms with Gasteiger partial charge in [-0.2, -0.15) is 0 Å². The molecule has 1 amide bonds. The van der Waals surface area contributed by atoms with E-state index >= 15 is 0 Å². The number of methoxy groups -OCH3 is 1. The zero-order valence-electron chi connectivity index (χ0n) is 17.8. The van der Waals surface area contributed by atoms with E-state index in [1.54, 1.807) is 6.07 Å². The van der Waals surface area contributed by atoms with Crippen LogP contribution in [0.5, 0.6) is 0 Å². The van der Waals surface area contributed by atoms with Crippen LogP contribution in [0.15, 0.2) is 23.0 Å². The van der Waals surface area contributed by atoms with Gasteiger partial charge in [0.05, 0.1) is 31.5 Å². The molecule has 1 aromatic heterocycles.